The van der Waals surface area contributed by atoms with Gasteiger partial charge in [-0.25, -0.2) is 13.8 Å². The van der Waals surface area contributed by atoms with E-state index in [9.17, 15) is 13.6 Å². The largest absolute Gasteiger partial charge is 0.381 e. The lowest BCUT2D eigenvalue weighted by atomic mass is 9.78. The summed E-state index contributed by atoms with van der Waals surface area (Å²) in [5.41, 5.74) is -0.353. The van der Waals surface area contributed by atoms with Crippen molar-refractivity contribution in [2.75, 3.05) is 31.2 Å². The van der Waals surface area contributed by atoms with Crippen molar-refractivity contribution in [3.8, 4) is 5.69 Å². The minimum atomic E-state index is -2.94. The SMILES string of the molecule is CC.O=c1cc(N2CCC3(CCOC3)CC2)nc(C(F)F)n1-c1cccc(Cl)c1Cl. The Morgan fingerprint density at radius 1 is 1.17 bits per heavy atom. The molecule has 30 heavy (non-hydrogen) atoms. The molecule has 0 aliphatic carbocycles. The van der Waals surface area contributed by atoms with Gasteiger partial charge < -0.3 is 9.64 Å². The normalized spacial score (nSPS) is 17.9. The molecule has 2 aromatic rings. The van der Waals surface area contributed by atoms with Crippen LogP contribution in [0.25, 0.3) is 5.69 Å². The number of anilines is 1. The molecule has 3 heterocycles. The third-order valence-electron chi connectivity index (χ3n) is 5.63. The number of ether oxygens (including phenoxy) is 1. The molecule has 0 saturated carbocycles. The van der Waals surface area contributed by atoms with E-state index in [1.165, 1.54) is 18.2 Å². The summed E-state index contributed by atoms with van der Waals surface area (Å²) >= 11 is 12.1. The smallest absolute Gasteiger partial charge is 0.296 e. The Hall–Kier alpha value is -1.70. The van der Waals surface area contributed by atoms with E-state index < -0.39 is 17.8 Å². The number of aromatic nitrogens is 2. The van der Waals surface area contributed by atoms with Crippen LogP contribution in [0.1, 0.15) is 45.4 Å². The molecule has 0 radical (unpaired) electrons. The average molecular weight is 460 g/mol. The topological polar surface area (TPSA) is 47.4 Å². The van der Waals surface area contributed by atoms with Gasteiger partial charge in [0.25, 0.3) is 12.0 Å². The zero-order valence-corrected chi connectivity index (χ0v) is 18.5. The first-order valence-corrected chi connectivity index (χ1v) is 10.9. The molecule has 0 N–H and O–H groups in total. The predicted octanol–water partition coefficient (Wildman–Crippen LogP) is 5.51. The van der Waals surface area contributed by atoms with E-state index in [1.807, 2.05) is 18.7 Å². The standard InChI is InChI=1S/C19H19Cl2F2N3O2.C2H6/c20-12-2-1-3-13(16(12)21)26-15(27)10-14(24-18(26)17(22)23)25-7-4-19(5-8-25)6-9-28-11-19;1-2/h1-3,10,17H,4-9,11H2;1-2H3. The van der Waals surface area contributed by atoms with Crippen LogP contribution in [0, 0.1) is 5.41 Å². The van der Waals surface area contributed by atoms with Gasteiger partial charge in [-0.05, 0) is 36.8 Å². The van der Waals surface area contributed by atoms with Crippen molar-refractivity contribution in [3.05, 3.63) is 50.5 Å². The first-order chi connectivity index (χ1) is 14.4. The Morgan fingerprint density at radius 2 is 1.87 bits per heavy atom. The van der Waals surface area contributed by atoms with Gasteiger partial charge in [-0.15, -0.1) is 0 Å². The molecule has 1 aromatic carbocycles. The molecule has 1 spiro atoms. The molecule has 2 aliphatic rings. The van der Waals surface area contributed by atoms with Crippen LogP contribution < -0.4 is 10.5 Å². The van der Waals surface area contributed by atoms with Crippen molar-refractivity contribution in [1.29, 1.82) is 0 Å². The molecule has 9 heteroatoms. The molecule has 0 bridgehead atoms. The van der Waals surface area contributed by atoms with Gasteiger partial charge in [0.05, 0.1) is 22.3 Å². The Kier molecular flexibility index (Phi) is 7.37. The number of benzene rings is 1. The van der Waals surface area contributed by atoms with Gasteiger partial charge in [-0.3, -0.25) is 9.36 Å². The highest BCUT2D eigenvalue weighted by atomic mass is 35.5. The maximum Gasteiger partial charge on any atom is 0.296 e. The Balaban J connectivity index is 0.00000124. The van der Waals surface area contributed by atoms with Crippen molar-refractivity contribution >= 4 is 29.0 Å². The maximum absolute atomic E-state index is 13.8. The average Bonchev–Trinajstić information content (AvgIpc) is 3.20. The summed E-state index contributed by atoms with van der Waals surface area (Å²) in [6.45, 7) is 6.82. The second-order valence-electron chi connectivity index (χ2n) is 7.31. The van der Waals surface area contributed by atoms with Gasteiger partial charge in [0.15, 0.2) is 5.82 Å². The summed E-state index contributed by atoms with van der Waals surface area (Å²) in [7, 11) is 0. The van der Waals surface area contributed by atoms with Gasteiger partial charge in [0.1, 0.15) is 5.82 Å². The van der Waals surface area contributed by atoms with Gasteiger partial charge in [-0.1, -0.05) is 43.1 Å². The highest BCUT2D eigenvalue weighted by Crippen LogP contribution is 2.40. The van der Waals surface area contributed by atoms with Crippen LogP contribution >= 0.6 is 23.2 Å². The zero-order chi connectivity index (χ0) is 21.9. The summed E-state index contributed by atoms with van der Waals surface area (Å²) < 4.78 is 33.9. The van der Waals surface area contributed by atoms with Crippen LogP contribution in [0.2, 0.25) is 10.0 Å². The van der Waals surface area contributed by atoms with Crippen molar-refractivity contribution in [2.45, 2.75) is 39.5 Å². The van der Waals surface area contributed by atoms with E-state index >= 15 is 0 Å². The number of nitrogens with zero attached hydrogens (tertiary/aromatic N) is 3. The van der Waals surface area contributed by atoms with Crippen LogP contribution in [0.5, 0.6) is 0 Å². The second kappa shape index (κ2) is 9.62. The summed E-state index contributed by atoms with van der Waals surface area (Å²) in [5, 5.41) is 0.208. The molecule has 2 aliphatic heterocycles. The minimum absolute atomic E-state index is 0.0314. The van der Waals surface area contributed by atoms with Crippen LogP contribution in [0.4, 0.5) is 14.6 Å². The second-order valence-corrected chi connectivity index (χ2v) is 8.09. The Labute approximate surface area is 184 Å². The summed E-state index contributed by atoms with van der Waals surface area (Å²) in [6.07, 6.45) is -0.142. The van der Waals surface area contributed by atoms with E-state index in [0.29, 0.717) is 13.1 Å². The molecule has 4 rings (SSSR count). The fourth-order valence-electron chi connectivity index (χ4n) is 3.96. The van der Waals surface area contributed by atoms with Gasteiger partial charge in [0, 0.05) is 25.8 Å². The third kappa shape index (κ3) is 4.48. The van der Waals surface area contributed by atoms with Crippen LogP contribution in [-0.4, -0.2) is 35.9 Å². The van der Waals surface area contributed by atoms with Crippen LogP contribution in [-0.2, 0) is 4.74 Å². The van der Waals surface area contributed by atoms with Crippen molar-refractivity contribution in [2.24, 2.45) is 5.41 Å². The summed E-state index contributed by atoms with van der Waals surface area (Å²) in [4.78, 5) is 18.8. The lowest BCUT2D eigenvalue weighted by molar-refractivity contribution is 0.132. The molecular formula is C21H25Cl2F2N3O2. The van der Waals surface area contributed by atoms with Crippen LogP contribution in [0.3, 0.4) is 0 Å². The lowest BCUT2D eigenvalue weighted by Crippen LogP contribution is -2.41. The molecule has 0 amide bonds. The fourth-order valence-corrected chi connectivity index (χ4v) is 4.34. The first-order valence-electron chi connectivity index (χ1n) is 10.1. The minimum Gasteiger partial charge on any atom is -0.381 e. The molecule has 0 atom stereocenters. The fraction of sp³-hybridized carbons (Fsp3) is 0.524. The van der Waals surface area contributed by atoms with E-state index in [1.54, 1.807) is 6.07 Å². The monoisotopic (exact) mass is 459 g/mol. The number of alkyl halides is 2. The van der Waals surface area contributed by atoms with E-state index in [-0.39, 0.29) is 27.0 Å². The number of halogens is 4. The van der Waals surface area contributed by atoms with E-state index in [4.69, 9.17) is 27.9 Å². The number of hydrogen-bond donors (Lipinski definition) is 0. The highest BCUT2D eigenvalue weighted by Gasteiger charge is 2.38. The maximum atomic E-state index is 13.8. The number of piperidine rings is 1. The third-order valence-corrected chi connectivity index (χ3v) is 6.44. The van der Waals surface area contributed by atoms with Gasteiger partial charge in [-0.2, -0.15) is 0 Å². The lowest BCUT2D eigenvalue weighted by Gasteiger charge is -2.39. The highest BCUT2D eigenvalue weighted by molar-refractivity contribution is 6.43. The summed E-state index contributed by atoms with van der Waals surface area (Å²) in [6, 6.07) is 5.82. The zero-order valence-electron chi connectivity index (χ0n) is 17.0. The van der Waals surface area contributed by atoms with Crippen LogP contribution in [0.15, 0.2) is 29.1 Å². The van der Waals surface area contributed by atoms with Gasteiger partial charge in [0.2, 0.25) is 0 Å². The quantitative estimate of drug-likeness (QED) is 0.606. The molecule has 164 valence electrons. The predicted molar refractivity (Wildman–Crippen MR) is 115 cm³/mol. The van der Waals surface area contributed by atoms with E-state index in [2.05, 4.69) is 4.98 Å². The summed E-state index contributed by atoms with van der Waals surface area (Å²) in [5.74, 6) is -0.375. The first kappa shape index (κ1) is 23.0. The van der Waals surface area contributed by atoms with Gasteiger partial charge >= 0.3 is 0 Å². The Morgan fingerprint density at radius 3 is 2.47 bits per heavy atom. The molecule has 0 unspecified atom stereocenters. The molecule has 2 saturated heterocycles. The number of hydrogen-bond acceptors (Lipinski definition) is 4. The molecule has 2 fully saturated rings. The van der Waals surface area contributed by atoms with E-state index in [0.717, 1.165) is 37.0 Å². The Bertz CT molecular complexity index is 936. The number of rotatable bonds is 3. The van der Waals surface area contributed by atoms with Crippen molar-refractivity contribution in [3.63, 3.8) is 0 Å². The van der Waals surface area contributed by atoms with Crippen molar-refractivity contribution in [1.82, 2.24) is 9.55 Å². The molecule has 5 nitrogen and oxygen atoms in total. The molecular weight excluding hydrogens is 435 g/mol. The molecule has 1 aromatic heterocycles. The van der Waals surface area contributed by atoms with Crippen molar-refractivity contribution < 1.29 is 13.5 Å².